The van der Waals surface area contributed by atoms with Gasteiger partial charge in [-0.1, -0.05) is 0 Å². The Hall–Kier alpha value is -2.95. The standard InChI is InChI=1S/C19H19O5/c1-20-13-10-17(22-3)14-6-8-15(24-18(14)11-13)12-5-7-16(21-2)19(9-12)23-4/h5-11H,1-4H3/q+1. The van der Waals surface area contributed by atoms with Crippen molar-refractivity contribution < 1.29 is 23.4 Å². The molecule has 0 aliphatic carbocycles. The number of fused-ring (bicyclic) bond motifs is 1. The fourth-order valence-electron chi connectivity index (χ4n) is 2.57. The molecule has 0 aliphatic rings. The first kappa shape index (κ1) is 15.9. The lowest BCUT2D eigenvalue weighted by molar-refractivity contribution is 0.355. The van der Waals surface area contributed by atoms with E-state index in [1.54, 1.807) is 28.4 Å². The molecule has 0 amide bonds. The fourth-order valence-corrected chi connectivity index (χ4v) is 2.57. The van der Waals surface area contributed by atoms with Crippen LogP contribution >= 0.6 is 0 Å². The number of benzene rings is 2. The molecule has 3 rings (SSSR count). The van der Waals surface area contributed by atoms with Gasteiger partial charge in [-0.2, -0.15) is 0 Å². The van der Waals surface area contributed by atoms with Crippen molar-refractivity contribution in [1.29, 1.82) is 0 Å². The van der Waals surface area contributed by atoms with Gasteiger partial charge in [0.15, 0.2) is 11.5 Å². The van der Waals surface area contributed by atoms with E-state index in [1.165, 1.54) is 0 Å². The molecule has 24 heavy (non-hydrogen) atoms. The molecule has 5 heteroatoms. The molecule has 5 nitrogen and oxygen atoms in total. The molecule has 0 fully saturated rings. The monoisotopic (exact) mass is 327 g/mol. The van der Waals surface area contributed by atoms with Gasteiger partial charge in [-0.15, -0.1) is 0 Å². The van der Waals surface area contributed by atoms with Crippen LogP contribution in [0.4, 0.5) is 0 Å². The van der Waals surface area contributed by atoms with Crippen molar-refractivity contribution in [2.24, 2.45) is 0 Å². The second kappa shape index (κ2) is 6.66. The predicted octanol–water partition coefficient (Wildman–Crippen LogP) is 4.42. The number of ether oxygens (including phenoxy) is 4. The molecule has 0 radical (unpaired) electrons. The highest BCUT2D eigenvalue weighted by Gasteiger charge is 2.20. The van der Waals surface area contributed by atoms with E-state index >= 15 is 0 Å². The van der Waals surface area contributed by atoms with Crippen LogP contribution in [0.2, 0.25) is 0 Å². The van der Waals surface area contributed by atoms with Gasteiger partial charge in [0.25, 0.3) is 0 Å². The Morgan fingerprint density at radius 2 is 1.42 bits per heavy atom. The van der Waals surface area contributed by atoms with Crippen LogP contribution in [0.15, 0.2) is 46.9 Å². The SMILES string of the molecule is COc1cc(OC)c2ccc(-c3ccc(OC)c(OC)c3)[o+]c2c1. The van der Waals surface area contributed by atoms with E-state index in [1.807, 2.05) is 42.5 Å². The molecule has 0 unspecified atom stereocenters. The van der Waals surface area contributed by atoms with E-state index < -0.39 is 0 Å². The van der Waals surface area contributed by atoms with Crippen LogP contribution in [0, 0.1) is 0 Å². The largest absolute Gasteiger partial charge is 0.496 e. The molecule has 124 valence electrons. The summed E-state index contributed by atoms with van der Waals surface area (Å²) in [6.45, 7) is 0. The zero-order valence-electron chi connectivity index (χ0n) is 14.1. The smallest absolute Gasteiger partial charge is 0.368 e. The summed E-state index contributed by atoms with van der Waals surface area (Å²) in [4.78, 5) is 0. The molecule has 1 heterocycles. The molecule has 0 aliphatic heterocycles. The number of rotatable bonds is 5. The quantitative estimate of drug-likeness (QED) is 0.649. The van der Waals surface area contributed by atoms with Crippen molar-refractivity contribution in [2.75, 3.05) is 28.4 Å². The average Bonchev–Trinajstić information content (AvgIpc) is 2.65. The van der Waals surface area contributed by atoms with Crippen LogP contribution in [0.1, 0.15) is 0 Å². The first-order valence-electron chi connectivity index (χ1n) is 7.41. The van der Waals surface area contributed by atoms with E-state index in [4.69, 9.17) is 23.4 Å². The molecule has 1 aromatic heterocycles. The topological polar surface area (TPSA) is 48.2 Å². The Labute approximate surface area is 140 Å². The van der Waals surface area contributed by atoms with Gasteiger partial charge in [0.05, 0.1) is 40.1 Å². The normalized spacial score (nSPS) is 10.5. The van der Waals surface area contributed by atoms with Crippen LogP contribution in [-0.2, 0) is 0 Å². The third-order valence-corrected chi connectivity index (χ3v) is 3.82. The highest BCUT2D eigenvalue weighted by atomic mass is 16.5. The maximum absolute atomic E-state index is 6.05. The van der Waals surface area contributed by atoms with Gasteiger partial charge >= 0.3 is 11.3 Å². The summed E-state index contributed by atoms with van der Waals surface area (Å²) < 4.78 is 27.4. The maximum Gasteiger partial charge on any atom is 0.368 e. The molecule has 0 N–H and O–H groups in total. The summed E-state index contributed by atoms with van der Waals surface area (Å²) in [6, 6.07) is 13.2. The number of hydrogen-bond donors (Lipinski definition) is 0. The summed E-state index contributed by atoms with van der Waals surface area (Å²) in [5.74, 6) is 3.40. The molecule has 0 bridgehead atoms. The molecule has 3 aromatic rings. The summed E-state index contributed by atoms with van der Waals surface area (Å²) >= 11 is 0. The zero-order chi connectivity index (χ0) is 17.1. The third-order valence-electron chi connectivity index (χ3n) is 3.82. The third kappa shape index (κ3) is 2.80. The summed E-state index contributed by atoms with van der Waals surface area (Å²) in [6.07, 6.45) is 0. The minimum Gasteiger partial charge on any atom is -0.496 e. The minimum atomic E-state index is 0.647. The van der Waals surface area contributed by atoms with Crippen LogP contribution in [0.3, 0.4) is 0 Å². The zero-order valence-corrected chi connectivity index (χ0v) is 14.1. The maximum atomic E-state index is 6.05. The molecule has 0 atom stereocenters. The second-order valence-electron chi connectivity index (χ2n) is 5.11. The summed E-state index contributed by atoms with van der Waals surface area (Å²) in [7, 11) is 6.45. The molecular formula is C19H19O5+. The molecule has 2 aromatic carbocycles. The van der Waals surface area contributed by atoms with Crippen molar-refractivity contribution in [3.05, 3.63) is 42.5 Å². The molecule has 0 spiro atoms. The minimum absolute atomic E-state index is 0.647. The van der Waals surface area contributed by atoms with Gasteiger partial charge in [-0.3, -0.25) is 0 Å². The van der Waals surface area contributed by atoms with Crippen LogP contribution < -0.4 is 18.9 Å². The molecule has 0 saturated carbocycles. The first-order valence-corrected chi connectivity index (χ1v) is 7.41. The molecule has 0 saturated heterocycles. The Kier molecular flexibility index (Phi) is 4.42. The van der Waals surface area contributed by atoms with E-state index in [0.29, 0.717) is 34.3 Å². The Morgan fingerprint density at radius 3 is 2.08 bits per heavy atom. The van der Waals surface area contributed by atoms with E-state index in [0.717, 1.165) is 10.9 Å². The van der Waals surface area contributed by atoms with Gasteiger partial charge in [-0.05, 0) is 18.2 Å². The summed E-state index contributed by atoms with van der Waals surface area (Å²) in [5, 5.41) is 0.877. The van der Waals surface area contributed by atoms with Gasteiger partial charge in [0.1, 0.15) is 16.9 Å². The van der Waals surface area contributed by atoms with Crippen molar-refractivity contribution in [2.45, 2.75) is 0 Å². The lowest BCUT2D eigenvalue weighted by Gasteiger charge is -2.07. The lowest BCUT2D eigenvalue weighted by Crippen LogP contribution is -1.91. The summed E-state index contributed by atoms with van der Waals surface area (Å²) in [5.41, 5.74) is 1.56. The second-order valence-corrected chi connectivity index (χ2v) is 5.11. The Morgan fingerprint density at radius 1 is 0.667 bits per heavy atom. The lowest BCUT2D eigenvalue weighted by atomic mass is 10.1. The Balaban J connectivity index is 2.14. The Bertz CT molecular complexity index is 873. The number of methoxy groups -OCH3 is 4. The van der Waals surface area contributed by atoms with E-state index in [2.05, 4.69) is 0 Å². The average molecular weight is 327 g/mol. The van der Waals surface area contributed by atoms with E-state index in [-0.39, 0.29) is 0 Å². The van der Waals surface area contributed by atoms with Crippen molar-refractivity contribution in [1.82, 2.24) is 0 Å². The highest BCUT2D eigenvalue weighted by molar-refractivity contribution is 5.86. The van der Waals surface area contributed by atoms with Gasteiger partial charge in [-0.25, -0.2) is 4.42 Å². The van der Waals surface area contributed by atoms with Gasteiger partial charge in [0.2, 0.25) is 0 Å². The van der Waals surface area contributed by atoms with Crippen molar-refractivity contribution in [3.63, 3.8) is 0 Å². The van der Waals surface area contributed by atoms with Crippen LogP contribution in [-0.4, -0.2) is 28.4 Å². The van der Waals surface area contributed by atoms with Crippen molar-refractivity contribution >= 4 is 11.0 Å². The van der Waals surface area contributed by atoms with Crippen LogP contribution in [0.5, 0.6) is 23.0 Å². The van der Waals surface area contributed by atoms with Gasteiger partial charge in [0, 0.05) is 18.2 Å². The number of hydrogen-bond acceptors (Lipinski definition) is 4. The van der Waals surface area contributed by atoms with Gasteiger partial charge < -0.3 is 18.9 Å². The molecular weight excluding hydrogens is 308 g/mol. The predicted molar refractivity (Wildman–Crippen MR) is 92.3 cm³/mol. The highest BCUT2D eigenvalue weighted by Crippen LogP contribution is 2.36. The fraction of sp³-hybridized carbons (Fsp3) is 0.211. The first-order chi connectivity index (χ1) is 11.7. The van der Waals surface area contributed by atoms with E-state index in [9.17, 15) is 0 Å². The van der Waals surface area contributed by atoms with Crippen LogP contribution in [0.25, 0.3) is 22.3 Å². The van der Waals surface area contributed by atoms with Crippen molar-refractivity contribution in [3.8, 4) is 34.3 Å².